The molecular formula is C40H52N8O10. The van der Waals surface area contributed by atoms with Gasteiger partial charge in [-0.2, -0.15) is 0 Å². The van der Waals surface area contributed by atoms with Crippen molar-refractivity contribution >= 4 is 47.9 Å². The van der Waals surface area contributed by atoms with E-state index in [1.54, 1.807) is 76.2 Å². The summed E-state index contributed by atoms with van der Waals surface area (Å²) in [5, 5.41) is 11.1. The fourth-order valence-corrected chi connectivity index (χ4v) is 7.20. The van der Waals surface area contributed by atoms with E-state index >= 15 is 0 Å². The lowest BCUT2D eigenvalue weighted by Gasteiger charge is -2.32. The molecule has 5 rings (SSSR count). The number of carbonyl (C=O) groups excluding carboxylic acids is 8. The summed E-state index contributed by atoms with van der Waals surface area (Å²) >= 11 is 0. The second-order valence-corrected chi connectivity index (χ2v) is 14.6. The number of ether oxygens (including phenoxy) is 2. The van der Waals surface area contributed by atoms with Crippen molar-refractivity contribution < 1.29 is 47.8 Å². The number of nitrogens with zero attached hydrogens (tertiary/aromatic N) is 4. The number of carbonyl (C=O) groups is 8. The number of piperazine rings is 2. The molecule has 18 heteroatoms. The maximum absolute atomic E-state index is 12.7. The minimum atomic E-state index is -0.856. The first-order chi connectivity index (χ1) is 27.8. The Morgan fingerprint density at radius 3 is 1.34 bits per heavy atom. The van der Waals surface area contributed by atoms with Crippen LogP contribution in [-0.2, 0) is 19.2 Å². The average molecular weight is 805 g/mol. The first-order valence-electron chi connectivity index (χ1n) is 19.7. The first kappa shape index (κ1) is 42.9. The number of hydrogen-bond acceptors (Lipinski definition) is 10. The predicted molar refractivity (Wildman–Crippen MR) is 208 cm³/mol. The van der Waals surface area contributed by atoms with Gasteiger partial charge in [0.15, 0.2) is 0 Å². The molecule has 0 radical (unpaired) electrons. The molecule has 3 aliphatic rings. The number of hydrogen-bond donors (Lipinski definition) is 4. The van der Waals surface area contributed by atoms with Crippen LogP contribution >= 0.6 is 0 Å². The van der Waals surface area contributed by atoms with Gasteiger partial charge in [0.05, 0.1) is 12.1 Å². The van der Waals surface area contributed by atoms with Crippen molar-refractivity contribution in [1.82, 2.24) is 40.9 Å². The molecule has 3 fully saturated rings. The molecule has 4 unspecified atom stereocenters. The van der Waals surface area contributed by atoms with E-state index in [-0.39, 0.29) is 38.0 Å². The number of likely N-dealkylation sites (N-methyl/N-ethyl adjacent to an activating group) is 2. The number of benzene rings is 2. The van der Waals surface area contributed by atoms with Crippen LogP contribution in [-0.4, -0.2) is 120 Å². The molecule has 1 saturated carbocycles. The van der Waals surface area contributed by atoms with Crippen LogP contribution < -0.4 is 30.7 Å². The average Bonchev–Trinajstić information content (AvgIpc) is 3.21. The lowest BCUT2D eigenvalue weighted by Crippen LogP contribution is -2.58. The van der Waals surface area contributed by atoms with Crippen LogP contribution in [0.25, 0.3) is 0 Å². The van der Waals surface area contributed by atoms with Crippen LogP contribution in [0.4, 0.5) is 19.2 Å². The van der Waals surface area contributed by atoms with Crippen LogP contribution in [0.15, 0.2) is 48.5 Å². The van der Waals surface area contributed by atoms with E-state index in [9.17, 15) is 38.4 Å². The van der Waals surface area contributed by atoms with E-state index in [0.717, 1.165) is 35.5 Å². The van der Waals surface area contributed by atoms with Crippen LogP contribution in [0, 0.1) is 11.8 Å². The minimum Gasteiger partial charge on any atom is -0.410 e. The molecule has 0 aromatic heterocycles. The molecule has 18 nitrogen and oxygen atoms in total. The third-order valence-electron chi connectivity index (χ3n) is 10.7. The van der Waals surface area contributed by atoms with Gasteiger partial charge in [0, 0.05) is 52.4 Å². The van der Waals surface area contributed by atoms with E-state index < -0.39 is 60.0 Å². The maximum Gasteiger partial charge on any atom is 0.412 e. The Balaban J connectivity index is 0.981. The smallest absolute Gasteiger partial charge is 0.410 e. The predicted octanol–water partition coefficient (Wildman–Crippen LogP) is 3.29. The molecule has 0 spiro atoms. The van der Waals surface area contributed by atoms with Crippen molar-refractivity contribution in [3.63, 3.8) is 0 Å². The highest BCUT2D eigenvalue weighted by atomic mass is 16.6. The second kappa shape index (κ2) is 19.8. The largest absolute Gasteiger partial charge is 0.412 e. The molecule has 1 aliphatic carbocycles. The fourth-order valence-electron chi connectivity index (χ4n) is 7.20. The van der Waals surface area contributed by atoms with Gasteiger partial charge in [0.1, 0.15) is 11.5 Å². The SMILES string of the molecule is CCN1CCN(C(=O)NC(C)c2ccc(OC(=O)NCC3CCCC(CNC(=O)Oc4ccc(C(C)NC(=O)N5CCN(CC)C(=O)C5=O)cc4)C3)cc2)C(=O)C1=O. The van der Waals surface area contributed by atoms with Gasteiger partial charge in [-0.1, -0.05) is 30.7 Å². The van der Waals surface area contributed by atoms with E-state index in [1.165, 1.54) is 9.80 Å². The molecule has 58 heavy (non-hydrogen) atoms. The van der Waals surface area contributed by atoms with Crippen molar-refractivity contribution in [2.75, 3.05) is 52.4 Å². The number of nitrogens with one attached hydrogen (secondary N) is 4. The summed E-state index contributed by atoms with van der Waals surface area (Å²) in [6.45, 7) is 9.43. The number of urea groups is 2. The van der Waals surface area contributed by atoms with E-state index in [0.29, 0.717) is 48.8 Å². The van der Waals surface area contributed by atoms with Gasteiger partial charge in [-0.3, -0.25) is 29.0 Å². The summed E-state index contributed by atoms with van der Waals surface area (Å²) in [5.74, 6) is -2.11. The molecular weight excluding hydrogens is 752 g/mol. The Hall–Kier alpha value is -6.20. The summed E-state index contributed by atoms with van der Waals surface area (Å²) in [7, 11) is 0. The number of amides is 10. The third kappa shape index (κ3) is 11.0. The van der Waals surface area contributed by atoms with Gasteiger partial charge >= 0.3 is 47.9 Å². The zero-order chi connectivity index (χ0) is 41.9. The van der Waals surface area contributed by atoms with Gasteiger partial charge in [-0.05, 0) is 94.2 Å². The van der Waals surface area contributed by atoms with Crippen molar-refractivity contribution in [1.29, 1.82) is 0 Å². The molecule has 4 N–H and O–H groups in total. The molecule has 10 amide bonds. The van der Waals surface area contributed by atoms with Gasteiger partial charge in [-0.25, -0.2) is 19.2 Å². The standard InChI is InChI=1S/C40H52N8O10/c1-5-45-18-20-47(35(51)33(45)49)37(53)43-25(3)29-10-14-31(15-11-29)57-39(55)41-23-27-8-7-9-28(22-27)24-42-40(56)58-32-16-12-30(13-17-32)26(4)44-38(54)48-21-19-46(6-2)34(50)36(48)52/h10-17,25-28H,5-9,18-24H2,1-4H3,(H,41,55)(H,42,56)(H,43,53)(H,44,54). The number of rotatable bonds is 12. The van der Waals surface area contributed by atoms with Gasteiger partial charge in [0.25, 0.3) is 0 Å². The lowest BCUT2D eigenvalue weighted by atomic mass is 9.81. The number of imide groups is 2. The molecule has 2 heterocycles. The maximum atomic E-state index is 12.7. The highest BCUT2D eigenvalue weighted by molar-refractivity contribution is 6.38. The minimum absolute atomic E-state index is 0.117. The van der Waals surface area contributed by atoms with Crippen LogP contribution in [0.5, 0.6) is 11.5 Å². The van der Waals surface area contributed by atoms with Crippen LogP contribution in [0.3, 0.4) is 0 Å². The Kier molecular flexibility index (Phi) is 14.6. The van der Waals surface area contributed by atoms with Crippen LogP contribution in [0.2, 0.25) is 0 Å². The quantitative estimate of drug-likeness (QED) is 0.230. The summed E-state index contributed by atoms with van der Waals surface area (Å²) in [4.78, 5) is 104. The second-order valence-electron chi connectivity index (χ2n) is 14.6. The summed E-state index contributed by atoms with van der Waals surface area (Å²) in [5.41, 5.74) is 1.42. The molecule has 2 aliphatic heterocycles. The summed E-state index contributed by atoms with van der Waals surface area (Å²) < 4.78 is 10.9. The van der Waals surface area contributed by atoms with E-state index in [4.69, 9.17) is 9.47 Å². The molecule has 2 saturated heterocycles. The third-order valence-corrected chi connectivity index (χ3v) is 10.7. The normalized spacial score (nSPS) is 19.6. The Bertz CT molecular complexity index is 1720. The van der Waals surface area contributed by atoms with Crippen molar-refractivity contribution in [2.24, 2.45) is 11.8 Å². The Labute approximate surface area is 336 Å². The highest BCUT2D eigenvalue weighted by Gasteiger charge is 2.37. The lowest BCUT2D eigenvalue weighted by molar-refractivity contribution is -0.153. The Morgan fingerprint density at radius 2 is 0.983 bits per heavy atom. The van der Waals surface area contributed by atoms with Crippen LogP contribution in [0.1, 0.15) is 76.6 Å². The van der Waals surface area contributed by atoms with E-state index in [2.05, 4.69) is 21.3 Å². The molecule has 4 atom stereocenters. The van der Waals surface area contributed by atoms with E-state index in [1.807, 2.05) is 0 Å². The zero-order valence-electron chi connectivity index (χ0n) is 33.3. The first-order valence-corrected chi connectivity index (χ1v) is 19.7. The zero-order valence-corrected chi connectivity index (χ0v) is 33.3. The molecule has 2 aromatic rings. The fraction of sp³-hybridized carbons (Fsp3) is 0.500. The Morgan fingerprint density at radius 1 is 0.603 bits per heavy atom. The highest BCUT2D eigenvalue weighted by Crippen LogP contribution is 2.28. The van der Waals surface area contributed by atoms with Gasteiger partial charge in [0.2, 0.25) is 0 Å². The van der Waals surface area contributed by atoms with Crippen molar-refractivity contribution in [3.05, 3.63) is 59.7 Å². The van der Waals surface area contributed by atoms with Crippen molar-refractivity contribution in [2.45, 2.75) is 65.5 Å². The molecule has 312 valence electrons. The summed E-state index contributed by atoms with van der Waals surface area (Å²) in [6.07, 6.45) is 2.36. The molecule has 0 bridgehead atoms. The van der Waals surface area contributed by atoms with Gasteiger partial charge < -0.3 is 40.5 Å². The molecule has 2 aromatic carbocycles. The van der Waals surface area contributed by atoms with Gasteiger partial charge in [-0.15, -0.1) is 0 Å². The summed E-state index contributed by atoms with van der Waals surface area (Å²) in [6, 6.07) is 10.9. The van der Waals surface area contributed by atoms with Crippen molar-refractivity contribution in [3.8, 4) is 11.5 Å². The monoisotopic (exact) mass is 804 g/mol. The topological polar surface area (TPSA) is 216 Å².